The summed E-state index contributed by atoms with van der Waals surface area (Å²) in [4.78, 5) is 23.3. The van der Waals surface area contributed by atoms with E-state index in [0.717, 1.165) is 11.1 Å². The number of halogens is 1. The first kappa shape index (κ1) is 18.9. The number of fused-ring (bicyclic) bond motifs is 6. The monoisotopic (exact) mass is 423 g/mol. The first-order valence-corrected chi connectivity index (χ1v) is 9.71. The van der Waals surface area contributed by atoms with E-state index in [4.69, 9.17) is 30.7 Å². The number of esters is 1. The lowest BCUT2D eigenvalue weighted by molar-refractivity contribution is -0.0434. The summed E-state index contributed by atoms with van der Waals surface area (Å²) in [5.41, 5.74) is 2.99. The lowest BCUT2D eigenvalue weighted by Crippen LogP contribution is -2.33. The molecule has 0 bridgehead atoms. The van der Waals surface area contributed by atoms with Crippen LogP contribution in [0.25, 0.3) is 0 Å². The fraction of sp³-hybridized carbons (Fsp3) is 0.174. The van der Waals surface area contributed by atoms with Crippen LogP contribution >= 0.6 is 11.6 Å². The molecule has 2 aliphatic rings. The van der Waals surface area contributed by atoms with Crippen LogP contribution in [0.5, 0.6) is 11.5 Å². The zero-order chi connectivity index (χ0) is 21.0. The summed E-state index contributed by atoms with van der Waals surface area (Å²) in [6.07, 6.45) is 0. The van der Waals surface area contributed by atoms with Crippen LogP contribution in [0.4, 0.5) is 5.69 Å². The molecule has 152 valence electrons. The van der Waals surface area contributed by atoms with Crippen molar-refractivity contribution in [1.82, 2.24) is 0 Å². The second-order valence-corrected chi connectivity index (χ2v) is 7.53. The molecule has 6 nitrogen and oxygen atoms in total. The molecule has 30 heavy (non-hydrogen) atoms. The van der Waals surface area contributed by atoms with Gasteiger partial charge >= 0.3 is 5.97 Å². The second kappa shape index (κ2) is 6.74. The molecule has 0 saturated carbocycles. The third kappa shape index (κ3) is 2.48. The van der Waals surface area contributed by atoms with E-state index >= 15 is 0 Å². The van der Waals surface area contributed by atoms with Gasteiger partial charge in [-0.2, -0.15) is 0 Å². The summed E-state index contributed by atoms with van der Waals surface area (Å²) in [5.74, 6) is 0.721. The number of rotatable bonds is 3. The van der Waals surface area contributed by atoms with Crippen molar-refractivity contribution in [1.29, 1.82) is 0 Å². The Labute approximate surface area is 178 Å². The van der Waals surface area contributed by atoms with Crippen molar-refractivity contribution in [2.24, 2.45) is 0 Å². The highest BCUT2D eigenvalue weighted by Gasteiger charge is 2.53. The predicted octanol–water partition coefficient (Wildman–Crippen LogP) is 5.15. The minimum Gasteiger partial charge on any atom is -0.456 e. The van der Waals surface area contributed by atoms with Crippen LogP contribution in [-0.4, -0.2) is 20.2 Å². The number of aryl methyl sites for hydroxylation is 1. The van der Waals surface area contributed by atoms with Gasteiger partial charge in [-0.05, 0) is 42.8 Å². The number of hydrogen-bond donors (Lipinski definition) is 0. The highest BCUT2D eigenvalue weighted by atomic mass is 35.5. The minimum atomic E-state index is -1.16. The molecule has 0 aromatic heterocycles. The van der Waals surface area contributed by atoms with Gasteiger partial charge < -0.3 is 9.47 Å². The summed E-state index contributed by atoms with van der Waals surface area (Å²) < 4.78 is 12.3. The Hall–Kier alpha value is -3.06. The highest BCUT2D eigenvalue weighted by molar-refractivity contribution is 6.31. The molecule has 1 atom stereocenters. The van der Waals surface area contributed by atoms with Crippen molar-refractivity contribution < 1.29 is 23.9 Å². The van der Waals surface area contributed by atoms with Crippen LogP contribution in [0.2, 0.25) is 5.02 Å². The van der Waals surface area contributed by atoms with E-state index in [-0.39, 0.29) is 5.97 Å². The van der Waals surface area contributed by atoms with Gasteiger partial charge in [0.1, 0.15) is 11.5 Å². The standard InChI is InChI=1S/C23H18ClNO5/c1-13-10-20-18(12-19(13)24)23(16-7-5-4-6-15(16)22(26)30-23)17-9-8-14(11-21(17)29-20)25(27-2)28-3/h4-12H,1-3H3. The number of carbonyl (C=O) groups excluding carboxylic acids is 1. The normalized spacial score (nSPS) is 18.3. The molecule has 5 rings (SSSR count). The van der Waals surface area contributed by atoms with Crippen molar-refractivity contribution in [2.75, 3.05) is 19.4 Å². The lowest BCUT2D eigenvalue weighted by Gasteiger charge is -2.37. The maximum Gasteiger partial charge on any atom is 0.340 e. The second-order valence-electron chi connectivity index (χ2n) is 7.12. The molecule has 3 aromatic rings. The first-order chi connectivity index (χ1) is 14.5. The first-order valence-electron chi connectivity index (χ1n) is 9.33. The molecule has 1 unspecified atom stereocenters. The van der Waals surface area contributed by atoms with Gasteiger partial charge in [-0.1, -0.05) is 29.8 Å². The van der Waals surface area contributed by atoms with Crippen molar-refractivity contribution in [3.05, 3.63) is 87.4 Å². The maximum absolute atomic E-state index is 12.8. The largest absolute Gasteiger partial charge is 0.456 e. The predicted molar refractivity (Wildman–Crippen MR) is 111 cm³/mol. The highest BCUT2D eigenvalue weighted by Crippen LogP contribution is 2.57. The van der Waals surface area contributed by atoms with Crippen molar-refractivity contribution in [3.63, 3.8) is 0 Å². The fourth-order valence-corrected chi connectivity index (χ4v) is 4.34. The molecule has 0 amide bonds. The van der Waals surface area contributed by atoms with E-state index in [1.165, 1.54) is 19.4 Å². The average Bonchev–Trinajstić information content (AvgIpc) is 3.04. The molecule has 0 radical (unpaired) electrons. The van der Waals surface area contributed by atoms with Crippen molar-refractivity contribution in [2.45, 2.75) is 12.5 Å². The van der Waals surface area contributed by atoms with Gasteiger partial charge in [-0.15, -0.1) is 5.23 Å². The van der Waals surface area contributed by atoms with Crippen LogP contribution in [0.3, 0.4) is 0 Å². The average molecular weight is 424 g/mol. The lowest BCUT2D eigenvalue weighted by atomic mass is 9.77. The fourth-order valence-electron chi connectivity index (χ4n) is 4.18. The number of carbonyl (C=O) groups is 1. The Balaban J connectivity index is 1.82. The van der Waals surface area contributed by atoms with Crippen LogP contribution in [0, 0.1) is 6.92 Å². The van der Waals surface area contributed by atoms with Gasteiger partial charge in [-0.25, -0.2) is 4.79 Å². The van der Waals surface area contributed by atoms with E-state index in [1.807, 2.05) is 49.4 Å². The molecule has 0 N–H and O–H groups in total. The Kier molecular flexibility index (Phi) is 4.25. The van der Waals surface area contributed by atoms with E-state index < -0.39 is 5.60 Å². The molecule has 2 heterocycles. The molecule has 0 aliphatic carbocycles. The summed E-state index contributed by atoms with van der Waals surface area (Å²) >= 11 is 6.47. The third-order valence-electron chi connectivity index (χ3n) is 5.52. The summed E-state index contributed by atoms with van der Waals surface area (Å²) in [7, 11) is 3.00. The van der Waals surface area contributed by atoms with E-state index in [0.29, 0.717) is 38.9 Å². The number of ether oxygens (including phenoxy) is 2. The van der Waals surface area contributed by atoms with Gasteiger partial charge in [-0.3, -0.25) is 9.68 Å². The molecule has 7 heteroatoms. The smallest absolute Gasteiger partial charge is 0.340 e. The van der Waals surface area contributed by atoms with Gasteiger partial charge in [0.2, 0.25) is 0 Å². The molecular weight excluding hydrogens is 406 g/mol. The van der Waals surface area contributed by atoms with E-state index in [1.54, 1.807) is 12.1 Å². The van der Waals surface area contributed by atoms with Crippen molar-refractivity contribution >= 4 is 23.3 Å². The molecule has 0 saturated heterocycles. The summed E-state index contributed by atoms with van der Waals surface area (Å²) in [6.45, 7) is 1.90. The van der Waals surface area contributed by atoms with Gasteiger partial charge in [0, 0.05) is 27.8 Å². The molecule has 3 aromatic carbocycles. The van der Waals surface area contributed by atoms with E-state index in [2.05, 4.69) is 0 Å². The Morgan fingerprint density at radius 3 is 2.43 bits per heavy atom. The summed E-state index contributed by atoms with van der Waals surface area (Å²) in [6, 6.07) is 16.5. The molecule has 2 aliphatic heterocycles. The van der Waals surface area contributed by atoms with Gasteiger partial charge in [0.25, 0.3) is 0 Å². The molecule has 0 fully saturated rings. The van der Waals surface area contributed by atoms with E-state index in [9.17, 15) is 4.79 Å². The third-order valence-corrected chi connectivity index (χ3v) is 5.93. The molecular formula is C23H18ClNO5. The van der Waals surface area contributed by atoms with Gasteiger partial charge in [0.05, 0.1) is 25.5 Å². The number of anilines is 1. The zero-order valence-corrected chi connectivity index (χ0v) is 17.3. The van der Waals surface area contributed by atoms with Crippen LogP contribution in [-0.2, 0) is 20.0 Å². The van der Waals surface area contributed by atoms with Crippen LogP contribution in [0.1, 0.15) is 32.6 Å². The Morgan fingerprint density at radius 1 is 0.933 bits per heavy atom. The SMILES string of the molecule is CON(OC)c1ccc2c(c1)Oc1cc(C)c(Cl)cc1C21OC(=O)c2ccccc21. The number of benzene rings is 3. The number of nitrogens with zero attached hydrogens (tertiary/aromatic N) is 1. The Bertz CT molecular complexity index is 1190. The van der Waals surface area contributed by atoms with Crippen LogP contribution in [0.15, 0.2) is 54.6 Å². The van der Waals surface area contributed by atoms with Crippen molar-refractivity contribution in [3.8, 4) is 11.5 Å². The molecule has 1 spiro atoms. The van der Waals surface area contributed by atoms with Gasteiger partial charge in [0.15, 0.2) is 5.60 Å². The topological polar surface area (TPSA) is 57.2 Å². The zero-order valence-electron chi connectivity index (χ0n) is 16.6. The Morgan fingerprint density at radius 2 is 1.67 bits per heavy atom. The number of hydrogen-bond acceptors (Lipinski definition) is 6. The minimum absolute atomic E-state index is 0.388. The maximum atomic E-state index is 12.8. The summed E-state index contributed by atoms with van der Waals surface area (Å²) in [5, 5.41) is 1.83. The quantitative estimate of drug-likeness (QED) is 0.429. The van der Waals surface area contributed by atoms with Crippen LogP contribution < -0.4 is 9.96 Å².